The molecule has 4 heteroatoms. The van der Waals surface area contributed by atoms with Crippen LogP contribution in [0.5, 0.6) is 0 Å². The molecule has 0 amide bonds. The Balaban J connectivity index is 2.40. The molecule has 0 aliphatic rings. The Bertz CT molecular complexity index is 335. The summed E-state index contributed by atoms with van der Waals surface area (Å²) in [5.74, 6) is 0. The zero-order valence-corrected chi connectivity index (χ0v) is 9.43. The number of nitro groups is 1. The van der Waals surface area contributed by atoms with Gasteiger partial charge in [-0.1, -0.05) is 19.1 Å². The van der Waals surface area contributed by atoms with Crippen LogP contribution in [0.25, 0.3) is 0 Å². The highest BCUT2D eigenvalue weighted by atomic mass is 16.6. The minimum absolute atomic E-state index is 0.123. The van der Waals surface area contributed by atoms with Gasteiger partial charge < -0.3 is 5.11 Å². The van der Waals surface area contributed by atoms with Crippen LogP contribution in [-0.2, 0) is 6.42 Å². The van der Waals surface area contributed by atoms with Crippen molar-refractivity contribution in [3.63, 3.8) is 0 Å². The van der Waals surface area contributed by atoms with Crippen molar-refractivity contribution in [2.45, 2.75) is 38.7 Å². The molecule has 1 unspecified atom stereocenters. The second-order valence-corrected chi connectivity index (χ2v) is 3.88. The average Bonchev–Trinajstić information content (AvgIpc) is 2.29. The molecule has 0 aliphatic carbocycles. The monoisotopic (exact) mass is 223 g/mol. The van der Waals surface area contributed by atoms with Gasteiger partial charge in [0, 0.05) is 12.1 Å². The Labute approximate surface area is 95.1 Å². The summed E-state index contributed by atoms with van der Waals surface area (Å²) in [5, 5.41) is 19.8. The van der Waals surface area contributed by atoms with Crippen LogP contribution in [0.1, 0.15) is 31.7 Å². The maximum absolute atomic E-state index is 10.4. The molecule has 1 aromatic carbocycles. The predicted molar refractivity (Wildman–Crippen MR) is 62.3 cm³/mol. The third kappa shape index (κ3) is 3.98. The largest absolute Gasteiger partial charge is 0.393 e. The summed E-state index contributed by atoms with van der Waals surface area (Å²) in [7, 11) is 0. The molecule has 0 heterocycles. The number of nitro benzene ring substituents is 1. The van der Waals surface area contributed by atoms with E-state index in [9.17, 15) is 15.2 Å². The van der Waals surface area contributed by atoms with Crippen LogP contribution in [0.3, 0.4) is 0 Å². The highest BCUT2D eigenvalue weighted by molar-refractivity contribution is 5.32. The first-order valence-electron chi connectivity index (χ1n) is 5.55. The molecule has 1 atom stereocenters. The van der Waals surface area contributed by atoms with Crippen molar-refractivity contribution in [3.05, 3.63) is 39.9 Å². The van der Waals surface area contributed by atoms with Crippen LogP contribution in [0.4, 0.5) is 5.69 Å². The molecule has 0 saturated heterocycles. The Morgan fingerprint density at radius 2 is 2.00 bits per heavy atom. The van der Waals surface area contributed by atoms with E-state index in [1.165, 1.54) is 12.1 Å². The standard InChI is InChI=1S/C12H17NO3/c1-2-12(14)5-3-4-10-6-8-11(9-7-10)13(15)16/h6-9,12,14H,2-5H2,1H3. The number of benzene rings is 1. The summed E-state index contributed by atoms with van der Waals surface area (Å²) in [4.78, 5) is 10.0. The number of hydrogen-bond acceptors (Lipinski definition) is 3. The lowest BCUT2D eigenvalue weighted by molar-refractivity contribution is -0.384. The number of aliphatic hydroxyl groups excluding tert-OH is 1. The fourth-order valence-electron chi connectivity index (χ4n) is 1.53. The van der Waals surface area contributed by atoms with Crippen molar-refractivity contribution in [3.8, 4) is 0 Å². The number of hydrogen-bond donors (Lipinski definition) is 1. The quantitative estimate of drug-likeness (QED) is 0.595. The Morgan fingerprint density at radius 3 is 2.50 bits per heavy atom. The normalized spacial score (nSPS) is 12.4. The summed E-state index contributed by atoms with van der Waals surface area (Å²) in [6, 6.07) is 6.59. The Kier molecular flexibility index (Phi) is 4.92. The zero-order valence-electron chi connectivity index (χ0n) is 9.43. The first-order chi connectivity index (χ1) is 7.63. The summed E-state index contributed by atoms with van der Waals surface area (Å²) in [5.41, 5.74) is 1.20. The number of aryl methyl sites for hydroxylation is 1. The molecule has 16 heavy (non-hydrogen) atoms. The van der Waals surface area contributed by atoms with Crippen molar-refractivity contribution in [2.24, 2.45) is 0 Å². The fourth-order valence-corrected chi connectivity index (χ4v) is 1.53. The Morgan fingerprint density at radius 1 is 1.38 bits per heavy atom. The third-order valence-electron chi connectivity index (χ3n) is 2.62. The molecule has 1 N–H and O–H groups in total. The minimum Gasteiger partial charge on any atom is -0.393 e. The van der Waals surface area contributed by atoms with Gasteiger partial charge >= 0.3 is 0 Å². The molecule has 0 aromatic heterocycles. The van der Waals surface area contributed by atoms with E-state index in [1.54, 1.807) is 12.1 Å². The van der Waals surface area contributed by atoms with Crippen molar-refractivity contribution in [1.82, 2.24) is 0 Å². The van der Waals surface area contributed by atoms with Crippen molar-refractivity contribution in [2.75, 3.05) is 0 Å². The number of aliphatic hydroxyl groups is 1. The van der Waals surface area contributed by atoms with Crippen LogP contribution in [0.15, 0.2) is 24.3 Å². The molecular formula is C12H17NO3. The predicted octanol–water partition coefficient (Wildman–Crippen LogP) is 2.69. The minimum atomic E-state index is -0.398. The van der Waals surface area contributed by atoms with Crippen molar-refractivity contribution >= 4 is 5.69 Å². The lowest BCUT2D eigenvalue weighted by Crippen LogP contribution is -2.04. The van der Waals surface area contributed by atoms with Crippen LogP contribution >= 0.6 is 0 Å². The van der Waals surface area contributed by atoms with E-state index in [2.05, 4.69) is 0 Å². The van der Waals surface area contributed by atoms with Gasteiger partial charge in [-0.2, -0.15) is 0 Å². The van der Waals surface area contributed by atoms with E-state index in [0.717, 1.165) is 31.2 Å². The molecule has 1 rings (SSSR count). The Hall–Kier alpha value is -1.42. The molecule has 0 aliphatic heterocycles. The lowest BCUT2D eigenvalue weighted by atomic mass is 10.0. The van der Waals surface area contributed by atoms with E-state index < -0.39 is 4.92 Å². The van der Waals surface area contributed by atoms with E-state index in [4.69, 9.17) is 0 Å². The summed E-state index contributed by atoms with van der Waals surface area (Å²) < 4.78 is 0. The van der Waals surface area contributed by atoms with Crippen LogP contribution in [0, 0.1) is 10.1 Å². The molecule has 4 nitrogen and oxygen atoms in total. The highest BCUT2D eigenvalue weighted by Crippen LogP contribution is 2.14. The SMILES string of the molecule is CCC(O)CCCc1ccc([N+](=O)[O-])cc1. The second-order valence-electron chi connectivity index (χ2n) is 3.88. The number of rotatable bonds is 6. The summed E-state index contributed by atoms with van der Waals surface area (Å²) in [6.45, 7) is 1.95. The van der Waals surface area contributed by atoms with Crippen LogP contribution < -0.4 is 0 Å². The number of non-ortho nitro benzene ring substituents is 1. The first kappa shape index (κ1) is 12.6. The maximum atomic E-state index is 10.4. The van der Waals surface area contributed by atoms with E-state index >= 15 is 0 Å². The maximum Gasteiger partial charge on any atom is 0.269 e. The van der Waals surface area contributed by atoms with E-state index in [1.807, 2.05) is 6.92 Å². The summed E-state index contributed by atoms with van der Waals surface area (Å²) >= 11 is 0. The second kappa shape index (κ2) is 6.23. The lowest BCUT2D eigenvalue weighted by Gasteiger charge is -2.06. The van der Waals surface area contributed by atoms with Gasteiger partial charge in [-0.05, 0) is 31.2 Å². The molecule has 0 saturated carbocycles. The molecular weight excluding hydrogens is 206 g/mol. The zero-order chi connectivity index (χ0) is 12.0. The topological polar surface area (TPSA) is 63.4 Å². The molecule has 0 radical (unpaired) electrons. The average molecular weight is 223 g/mol. The molecule has 0 fully saturated rings. The first-order valence-corrected chi connectivity index (χ1v) is 5.55. The van der Waals surface area contributed by atoms with Gasteiger partial charge in [-0.3, -0.25) is 10.1 Å². The molecule has 1 aromatic rings. The van der Waals surface area contributed by atoms with Gasteiger partial charge in [0.1, 0.15) is 0 Å². The molecule has 0 bridgehead atoms. The number of nitrogens with zero attached hydrogens (tertiary/aromatic N) is 1. The van der Waals surface area contributed by atoms with Crippen LogP contribution in [0.2, 0.25) is 0 Å². The van der Waals surface area contributed by atoms with Gasteiger partial charge in [-0.15, -0.1) is 0 Å². The molecule has 88 valence electrons. The van der Waals surface area contributed by atoms with Gasteiger partial charge in [0.15, 0.2) is 0 Å². The van der Waals surface area contributed by atoms with Gasteiger partial charge in [-0.25, -0.2) is 0 Å². The van der Waals surface area contributed by atoms with Gasteiger partial charge in [0.25, 0.3) is 5.69 Å². The van der Waals surface area contributed by atoms with Gasteiger partial charge in [0.05, 0.1) is 11.0 Å². The molecule has 0 spiro atoms. The fraction of sp³-hybridized carbons (Fsp3) is 0.500. The summed E-state index contributed by atoms with van der Waals surface area (Å²) in [6.07, 6.45) is 3.10. The highest BCUT2D eigenvalue weighted by Gasteiger charge is 2.04. The van der Waals surface area contributed by atoms with E-state index in [-0.39, 0.29) is 11.8 Å². The van der Waals surface area contributed by atoms with Crippen LogP contribution in [-0.4, -0.2) is 16.1 Å². The van der Waals surface area contributed by atoms with Crippen molar-refractivity contribution < 1.29 is 10.0 Å². The van der Waals surface area contributed by atoms with Gasteiger partial charge in [0.2, 0.25) is 0 Å². The van der Waals surface area contributed by atoms with E-state index in [0.29, 0.717) is 0 Å². The third-order valence-corrected chi connectivity index (χ3v) is 2.62. The smallest absolute Gasteiger partial charge is 0.269 e. The van der Waals surface area contributed by atoms with Crippen molar-refractivity contribution in [1.29, 1.82) is 0 Å².